The van der Waals surface area contributed by atoms with Crippen LogP contribution in [0.4, 0.5) is 5.69 Å². The Morgan fingerprint density at radius 3 is 2.75 bits per heavy atom. The molecule has 7 heteroatoms. The van der Waals surface area contributed by atoms with Crippen molar-refractivity contribution >= 4 is 22.7 Å². The van der Waals surface area contributed by atoms with Crippen molar-refractivity contribution < 1.29 is 19.4 Å². The fourth-order valence-electron chi connectivity index (χ4n) is 3.84. The van der Waals surface area contributed by atoms with Crippen molar-refractivity contribution in [3.63, 3.8) is 0 Å². The summed E-state index contributed by atoms with van der Waals surface area (Å²) in [7, 11) is 3.02. The molecule has 28 heavy (non-hydrogen) atoms. The zero-order chi connectivity index (χ0) is 19.7. The molecule has 0 bridgehead atoms. The molecule has 1 saturated heterocycles. The smallest absolute Gasteiger partial charge is 0.342 e. The summed E-state index contributed by atoms with van der Waals surface area (Å²) in [5.41, 5.74) is 4.55. The zero-order valence-corrected chi connectivity index (χ0v) is 15.9. The summed E-state index contributed by atoms with van der Waals surface area (Å²) >= 11 is 0. The van der Waals surface area contributed by atoms with Gasteiger partial charge in [0.05, 0.1) is 37.3 Å². The standard InChI is InChI=1S/C21H23N3O4/c1-27-15-5-3-14(4-6-15)16-9-17(24-8-7-13(10-24)11-25)18(21(26)28-2)20-19(16)22-12-23-20/h3-6,9,12-13,25H,7-8,10-11H2,1-2H3,(H,22,23)/t13-/m0/s1. The number of carbonyl (C=O) groups excluding carboxylic acids is 1. The Bertz CT molecular complexity index is 997. The van der Waals surface area contributed by atoms with Gasteiger partial charge in [0.2, 0.25) is 0 Å². The van der Waals surface area contributed by atoms with E-state index in [1.165, 1.54) is 7.11 Å². The number of aliphatic hydroxyl groups is 1. The lowest BCUT2D eigenvalue weighted by Gasteiger charge is -2.23. The predicted octanol–water partition coefficient (Wildman–Crippen LogP) is 2.84. The average molecular weight is 381 g/mol. The van der Waals surface area contributed by atoms with Gasteiger partial charge in [-0.25, -0.2) is 9.78 Å². The molecule has 146 valence electrons. The molecule has 4 rings (SSSR count). The molecule has 0 aliphatic carbocycles. The fourth-order valence-corrected chi connectivity index (χ4v) is 3.84. The number of aromatic nitrogens is 2. The molecule has 0 amide bonds. The van der Waals surface area contributed by atoms with Crippen molar-refractivity contribution in [2.75, 3.05) is 38.8 Å². The summed E-state index contributed by atoms with van der Waals surface area (Å²) in [6.07, 6.45) is 2.48. The molecule has 7 nitrogen and oxygen atoms in total. The highest BCUT2D eigenvalue weighted by molar-refractivity contribution is 6.11. The van der Waals surface area contributed by atoms with E-state index >= 15 is 0 Å². The molecule has 0 spiro atoms. The molecule has 2 aromatic carbocycles. The van der Waals surface area contributed by atoms with Gasteiger partial charge in [-0.05, 0) is 30.2 Å². The van der Waals surface area contributed by atoms with Gasteiger partial charge in [-0.2, -0.15) is 0 Å². The van der Waals surface area contributed by atoms with Crippen LogP contribution in [0.25, 0.3) is 22.2 Å². The van der Waals surface area contributed by atoms with Gasteiger partial charge < -0.3 is 24.5 Å². The fraction of sp³-hybridized carbons (Fsp3) is 0.333. The summed E-state index contributed by atoms with van der Waals surface area (Å²) < 4.78 is 10.3. The van der Waals surface area contributed by atoms with Crippen molar-refractivity contribution in [2.24, 2.45) is 5.92 Å². The maximum atomic E-state index is 12.6. The lowest BCUT2D eigenvalue weighted by Crippen LogP contribution is -2.23. The lowest BCUT2D eigenvalue weighted by atomic mass is 9.99. The third-order valence-corrected chi connectivity index (χ3v) is 5.36. The minimum atomic E-state index is -0.405. The van der Waals surface area contributed by atoms with Gasteiger partial charge in [-0.1, -0.05) is 12.1 Å². The van der Waals surface area contributed by atoms with E-state index in [9.17, 15) is 9.90 Å². The van der Waals surface area contributed by atoms with Gasteiger partial charge in [-0.3, -0.25) is 0 Å². The highest BCUT2D eigenvalue weighted by atomic mass is 16.5. The largest absolute Gasteiger partial charge is 0.497 e. The first kappa shape index (κ1) is 18.3. The van der Waals surface area contributed by atoms with E-state index < -0.39 is 5.97 Å². The number of carbonyl (C=O) groups is 1. The number of aromatic amines is 1. The Morgan fingerprint density at radius 1 is 1.32 bits per heavy atom. The number of anilines is 1. The minimum Gasteiger partial charge on any atom is -0.497 e. The summed E-state index contributed by atoms with van der Waals surface area (Å²) in [5, 5.41) is 9.53. The SMILES string of the molecule is COC(=O)c1c(N2CC[C@H](CO)C2)cc(-c2ccc(OC)cc2)c2nc[nH]c12. The Labute approximate surface area is 162 Å². The summed E-state index contributed by atoms with van der Waals surface area (Å²) in [6.45, 7) is 1.61. The Morgan fingerprint density at radius 2 is 2.11 bits per heavy atom. The van der Waals surface area contributed by atoms with Gasteiger partial charge in [0.1, 0.15) is 11.3 Å². The van der Waals surface area contributed by atoms with Crippen LogP contribution in [0.1, 0.15) is 16.8 Å². The number of ether oxygens (including phenoxy) is 2. The summed E-state index contributed by atoms with van der Waals surface area (Å²) in [5.74, 6) is 0.573. The first-order valence-electron chi connectivity index (χ1n) is 9.25. The molecule has 2 N–H and O–H groups in total. The molecule has 0 unspecified atom stereocenters. The van der Waals surface area contributed by atoms with Crippen LogP contribution in [0.5, 0.6) is 5.75 Å². The zero-order valence-electron chi connectivity index (χ0n) is 15.9. The van der Waals surface area contributed by atoms with Crippen LogP contribution in [0, 0.1) is 5.92 Å². The van der Waals surface area contributed by atoms with Gasteiger partial charge in [0.25, 0.3) is 0 Å². The number of hydrogen-bond donors (Lipinski definition) is 2. The highest BCUT2D eigenvalue weighted by Crippen LogP contribution is 2.38. The van der Waals surface area contributed by atoms with Gasteiger partial charge in [-0.15, -0.1) is 0 Å². The first-order valence-corrected chi connectivity index (χ1v) is 9.25. The van der Waals surface area contributed by atoms with Gasteiger partial charge in [0, 0.05) is 31.2 Å². The predicted molar refractivity (Wildman–Crippen MR) is 107 cm³/mol. The quantitative estimate of drug-likeness (QED) is 0.661. The topological polar surface area (TPSA) is 87.7 Å². The molecule has 1 aliphatic heterocycles. The van der Waals surface area contributed by atoms with Gasteiger partial charge >= 0.3 is 5.97 Å². The third kappa shape index (κ3) is 3.07. The van der Waals surface area contributed by atoms with Crippen molar-refractivity contribution in [1.82, 2.24) is 9.97 Å². The maximum absolute atomic E-state index is 12.6. The van der Waals surface area contributed by atoms with Crippen LogP contribution < -0.4 is 9.64 Å². The van der Waals surface area contributed by atoms with Crippen LogP contribution in [0.15, 0.2) is 36.7 Å². The Balaban J connectivity index is 1.91. The third-order valence-electron chi connectivity index (χ3n) is 5.36. The number of imidazole rings is 1. The van der Waals surface area contributed by atoms with Crippen LogP contribution in [0.2, 0.25) is 0 Å². The summed E-state index contributed by atoms with van der Waals surface area (Å²) in [6, 6.07) is 9.75. The van der Waals surface area contributed by atoms with Crippen molar-refractivity contribution in [2.45, 2.75) is 6.42 Å². The molecule has 1 atom stereocenters. The number of methoxy groups -OCH3 is 2. The molecule has 3 aromatic rings. The maximum Gasteiger partial charge on any atom is 0.342 e. The molecular formula is C21H23N3O4. The molecule has 1 aromatic heterocycles. The van der Waals surface area contributed by atoms with Crippen LogP contribution in [-0.2, 0) is 4.74 Å². The van der Waals surface area contributed by atoms with Crippen LogP contribution in [0.3, 0.4) is 0 Å². The second kappa shape index (κ2) is 7.52. The lowest BCUT2D eigenvalue weighted by molar-refractivity contribution is 0.0603. The van der Waals surface area contributed by atoms with Crippen molar-refractivity contribution in [1.29, 1.82) is 0 Å². The number of nitrogens with one attached hydrogen (secondary N) is 1. The summed E-state index contributed by atoms with van der Waals surface area (Å²) in [4.78, 5) is 22.3. The first-order chi connectivity index (χ1) is 13.7. The second-order valence-corrected chi connectivity index (χ2v) is 6.95. The van der Waals surface area contributed by atoms with E-state index in [0.29, 0.717) is 23.1 Å². The molecule has 2 heterocycles. The van der Waals surface area contributed by atoms with Crippen LogP contribution in [-0.4, -0.2) is 55.0 Å². The number of benzene rings is 2. The number of esters is 1. The second-order valence-electron chi connectivity index (χ2n) is 6.95. The molecule has 1 aliphatic rings. The van der Waals surface area contributed by atoms with E-state index in [-0.39, 0.29) is 12.5 Å². The number of hydrogen-bond acceptors (Lipinski definition) is 6. The number of nitrogens with zero attached hydrogens (tertiary/aromatic N) is 2. The molecule has 1 fully saturated rings. The van der Waals surface area contributed by atoms with Crippen LogP contribution >= 0.6 is 0 Å². The molecule has 0 saturated carbocycles. The van der Waals surface area contributed by atoms with Crippen molar-refractivity contribution in [3.8, 4) is 16.9 Å². The van der Waals surface area contributed by atoms with Gasteiger partial charge in [0.15, 0.2) is 0 Å². The highest BCUT2D eigenvalue weighted by Gasteiger charge is 2.29. The molecular weight excluding hydrogens is 358 g/mol. The van der Waals surface area contributed by atoms with E-state index in [1.54, 1.807) is 13.4 Å². The minimum absolute atomic E-state index is 0.141. The van der Waals surface area contributed by atoms with E-state index in [0.717, 1.165) is 35.5 Å². The monoisotopic (exact) mass is 381 g/mol. The van der Waals surface area contributed by atoms with E-state index in [2.05, 4.69) is 14.9 Å². The number of H-pyrrole nitrogens is 1. The van der Waals surface area contributed by atoms with Crippen molar-refractivity contribution in [3.05, 3.63) is 42.2 Å². The number of fused-ring (bicyclic) bond motifs is 1. The number of aliphatic hydroxyl groups excluding tert-OH is 1. The van der Waals surface area contributed by atoms with E-state index in [4.69, 9.17) is 9.47 Å². The average Bonchev–Trinajstić information content (AvgIpc) is 3.41. The Kier molecular flexibility index (Phi) is 4.92. The normalized spacial score (nSPS) is 16.5. The Hall–Kier alpha value is -3.06. The number of rotatable bonds is 5. The van der Waals surface area contributed by atoms with E-state index in [1.807, 2.05) is 30.3 Å². The molecule has 0 radical (unpaired) electrons.